The van der Waals surface area contributed by atoms with Gasteiger partial charge in [0.15, 0.2) is 5.58 Å². The highest BCUT2D eigenvalue weighted by Gasteiger charge is 2.26. The fourth-order valence-electron chi connectivity index (χ4n) is 3.64. The van der Waals surface area contributed by atoms with E-state index in [0.29, 0.717) is 34.4 Å². The molecule has 0 atom stereocenters. The quantitative estimate of drug-likeness (QED) is 0.405. The molecule has 0 aliphatic rings. The van der Waals surface area contributed by atoms with E-state index in [1.54, 1.807) is 13.0 Å². The van der Waals surface area contributed by atoms with Gasteiger partial charge in [0.05, 0.1) is 17.7 Å². The predicted octanol–water partition coefficient (Wildman–Crippen LogP) is 2.33. The number of imidazole rings is 1. The van der Waals surface area contributed by atoms with E-state index in [0.717, 1.165) is 11.2 Å². The van der Waals surface area contributed by atoms with Gasteiger partial charge in [-0.05, 0) is 25.8 Å². The summed E-state index contributed by atoms with van der Waals surface area (Å²) in [6.45, 7) is 8.67. The second-order valence-corrected chi connectivity index (χ2v) is 6.96. The van der Waals surface area contributed by atoms with Crippen molar-refractivity contribution in [2.24, 2.45) is 5.92 Å². The summed E-state index contributed by atoms with van der Waals surface area (Å²) in [6.07, 6.45) is 1.32. The average molecular weight is 369 g/mol. The minimum atomic E-state index is -0.975. The first kappa shape index (κ1) is 17.3. The molecule has 140 valence electrons. The van der Waals surface area contributed by atoms with Crippen molar-refractivity contribution in [1.82, 2.24) is 14.0 Å². The van der Waals surface area contributed by atoms with Crippen molar-refractivity contribution in [3.8, 4) is 0 Å². The number of carbonyl (C=O) groups is 1. The molecule has 4 rings (SSSR count). The standard InChI is InChI=1S/C19H19N3O5/c1-5-26-18(24)13-10(4)21(7-9(2)3)15-11(13)6-12-16-14(15)20-8-22(16)17(23)19(25)27-12/h6,8-9H,5,7H2,1-4H3. The molecular formula is C19H19N3O5. The van der Waals surface area contributed by atoms with Gasteiger partial charge in [0, 0.05) is 17.6 Å². The van der Waals surface area contributed by atoms with Crippen molar-refractivity contribution in [3.63, 3.8) is 0 Å². The van der Waals surface area contributed by atoms with E-state index >= 15 is 0 Å². The maximum Gasteiger partial charge on any atom is 0.403 e. The Kier molecular flexibility index (Phi) is 3.80. The van der Waals surface area contributed by atoms with Crippen LogP contribution >= 0.6 is 0 Å². The lowest BCUT2D eigenvalue weighted by molar-refractivity contribution is 0.0527. The predicted molar refractivity (Wildman–Crippen MR) is 99.7 cm³/mol. The average Bonchev–Trinajstić information content (AvgIpc) is 3.14. The van der Waals surface area contributed by atoms with Crippen LogP contribution in [0.15, 0.2) is 26.4 Å². The van der Waals surface area contributed by atoms with E-state index < -0.39 is 17.2 Å². The lowest BCUT2D eigenvalue weighted by atomic mass is 10.1. The Labute approximate surface area is 153 Å². The number of ether oxygens (including phenoxy) is 1. The van der Waals surface area contributed by atoms with Crippen molar-refractivity contribution < 1.29 is 13.9 Å². The SMILES string of the molecule is CCOC(=O)c1c(C)n(CC(C)C)c2c1cc1oc(=O)c(=O)n3cnc2c13. The lowest BCUT2D eigenvalue weighted by Gasteiger charge is -2.11. The highest BCUT2D eigenvalue weighted by molar-refractivity contribution is 6.16. The van der Waals surface area contributed by atoms with Gasteiger partial charge in [-0.1, -0.05) is 13.8 Å². The Morgan fingerprint density at radius 3 is 2.70 bits per heavy atom. The Morgan fingerprint density at radius 2 is 2.04 bits per heavy atom. The van der Waals surface area contributed by atoms with Gasteiger partial charge in [-0.15, -0.1) is 0 Å². The number of aromatic nitrogens is 3. The monoisotopic (exact) mass is 369 g/mol. The summed E-state index contributed by atoms with van der Waals surface area (Å²) in [5, 5.41) is 0.599. The van der Waals surface area contributed by atoms with Crippen LogP contribution in [0, 0.1) is 12.8 Å². The number of hydrogen-bond acceptors (Lipinski definition) is 6. The zero-order chi connectivity index (χ0) is 19.5. The molecule has 0 saturated carbocycles. The van der Waals surface area contributed by atoms with Crippen molar-refractivity contribution >= 4 is 33.5 Å². The third-order valence-corrected chi connectivity index (χ3v) is 4.69. The maximum atomic E-state index is 12.6. The molecule has 27 heavy (non-hydrogen) atoms. The van der Waals surface area contributed by atoms with Gasteiger partial charge in [-0.25, -0.2) is 14.6 Å². The van der Waals surface area contributed by atoms with Crippen molar-refractivity contribution in [2.45, 2.75) is 34.2 Å². The summed E-state index contributed by atoms with van der Waals surface area (Å²) in [5.74, 6) is -0.120. The maximum absolute atomic E-state index is 12.6. The van der Waals surface area contributed by atoms with Crippen LogP contribution in [0.4, 0.5) is 0 Å². The number of fused-ring (bicyclic) bond motifs is 2. The third-order valence-electron chi connectivity index (χ3n) is 4.69. The fraction of sp³-hybridized carbons (Fsp3) is 0.368. The molecule has 3 heterocycles. The van der Waals surface area contributed by atoms with Crippen LogP contribution in [0.5, 0.6) is 0 Å². The summed E-state index contributed by atoms with van der Waals surface area (Å²) in [6, 6.07) is 1.62. The number of esters is 1. The summed E-state index contributed by atoms with van der Waals surface area (Å²) in [4.78, 5) is 40.9. The summed E-state index contributed by atoms with van der Waals surface area (Å²) in [5.41, 5.74) is 1.31. The first-order chi connectivity index (χ1) is 12.8. The van der Waals surface area contributed by atoms with Crippen LogP contribution in [0.2, 0.25) is 0 Å². The molecule has 0 radical (unpaired) electrons. The smallest absolute Gasteiger partial charge is 0.403 e. The molecule has 4 aromatic rings. The van der Waals surface area contributed by atoms with Crippen LogP contribution < -0.4 is 11.2 Å². The number of rotatable bonds is 4. The van der Waals surface area contributed by atoms with Crippen LogP contribution in [-0.4, -0.2) is 26.5 Å². The van der Waals surface area contributed by atoms with Crippen molar-refractivity contribution in [2.75, 3.05) is 6.61 Å². The molecule has 0 bridgehead atoms. The van der Waals surface area contributed by atoms with Gasteiger partial charge in [0.2, 0.25) is 0 Å². The van der Waals surface area contributed by atoms with Crippen LogP contribution in [0.3, 0.4) is 0 Å². The Hall–Kier alpha value is -3.16. The molecule has 0 unspecified atom stereocenters. The Bertz CT molecular complexity index is 1310. The van der Waals surface area contributed by atoms with E-state index in [1.165, 1.54) is 10.7 Å². The van der Waals surface area contributed by atoms with Gasteiger partial charge >= 0.3 is 17.2 Å². The van der Waals surface area contributed by atoms with E-state index in [4.69, 9.17) is 9.15 Å². The van der Waals surface area contributed by atoms with Crippen LogP contribution in [0.25, 0.3) is 27.5 Å². The molecule has 3 aromatic heterocycles. The number of hydrogen-bond donors (Lipinski definition) is 0. The highest BCUT2D eigenvalue weighted by atomic mass is 16.5. The third kappa shape index (κ3) is 2.36. The summed E-state index contributed by atoms with van der Waals surface area (Å²) in [7, 11) is 0. The van der Waals surface area contributed by atoms with Gasteiger partial charge < -0.3 is 13.7 Å². The van der Waals surface area contributed by atoms with Gasteiger partial charge in [-0.3, -0.25) is 9.20 Å². The second kappa shape index (κ2) is 5.94. The van der Waals surface area contributed by atoms with E-state index in [2.05, 4.69) is 18.8 Å². The number of carbonyl (C=O) groups excluding carboxylic acids is 1. The summed E-state index contributed by atoms with van der Waals surface area (Å²) >= 11 is 0. The van der Waals surface area contributed by atoms with Crippen LogP contribution in [0.1, 0.15) is 36.8 Å². The van der Waals surface area contributed by atoms with Gasteiger partial charge in [0.25, 0.3) is 0 Å². The molecule has 0 aliphatic heterocycles. The van der Waals surface area contributed by atoms with E-state index in [9.17, 15) is 14.4 Å². The van der Waals surface area contributed by atoms with Gasteiger partial charge in [-0.2, -0.15) is 0 Å². The zero-order valence-electron chi connectivity index (χ0n) is 15.5. The molecule has 0 amide bonds. The first-order valence-electron chi connectivity index (χ1n) is 8.81. The number of nitrogens with zero attached hydrogens (tertiary/aromatic N) is 3. The minimum Gasteiger partial charge on any atom is -0.462 e. The molecule has 0 spiro atoms. The lowest BCUT2D eigenvalue weighted by Crippen LogP contribution is -2.28. The topological polar surface area (TPSA) is 95.8 Å². The zero-order valence-corrected chi connectivity index (χ0v) is 15.5. The summed E-state index contributed by atoms with van der Waals surface area (Å²) < 4.78 is 13.6. The normalized spacial score (nSPS) is 12.0. The van der Waals surface area contributed by atoms with E-state index in [-0.39, 0.29) is 12.2 Å². The van der Waals surface area contributed by atoms with E-state index in [1.807, 2.05) is 11.5 Å². The molecule has 0 aliphatic carbocycles. The Balaban J connectivity index is 2.23. The molecule has 0 N–H and O–H groups in total. The highest BCUT2D eigenvalue weighted by Crippen LogP contribution is 2.34. The molecule has 8 heteroatoms. The minimum absolute atomic E-state index is 0.215. The molecule has 0 saturated heterocycles. The van der Waals surface area contributed by atoms with Crippen molar-refractivity contribution in [3.05, 3.63) is 44.4 Å². The largest absolute Gasteiger partial charge is 0.462 e. The molecular weight excluding hydrogens is 350 g/mol. The molecule has 1 aromatic carbocycles. The Morgan fingerprint density at radius 1 is 1.30 bits per heavy atom. The fourth-order valence-corrected chi connectivity index (χ4v) is 3.64. The number of benzene rings is 1. The first-order valence-corrected chi connectivity index (χ1v) is 8.81. The second-order valence-electron chi connectivity index (χ2n) is 6.96. The van der Waals surface area contributed by atoms with Crippen molar-refractivity contribution in [1.29, 1.82) is 0 Å². The molecule has 8 nitrogen and oxygen atoms in total. The molecule has 0 fully saturated rings. The van der Waals surface area contributed by atoms with Gasteiger partial charge in [0.1, 0.15) is 17.4 Å². The van der Waals surface area contributed by atoms with Crippen LogP contribution in [-0.2, 0) is 11.3 Å².